The molecular formula is C22H23NO5. The van der Waals surface area contributed by atoms with Gasteiger partial charge in [-0.1, -0.05) is 18.2 Å². The number of aryl methyl sites for hydroxylation is 2. The molecule has 0 saturated heterocycles. The van der Waals surface area contributed by atoms with Crippen molar-refractivity contribution >= 4 is 12.0 Å². The SMILES string of the molecule is COc1cc(C=C(C#N)C(=O)O)ccc1OCCOc1c(C)ccc(C)c1C. The highest BCUT2D eigenvalue weighted by molar-refractivity contribution is 5.96. The van der Waals surface area contributed by atoms with E-state index < -0.39 is 5.97 Å². The van der Waals surface area contributed by atoms with E-state index in [1.807, 2.05) is 26.8 Å². The van der Waals surface area contributed by atoms with Crippen molar-refractivity contribution in [2.75, 3.05) is 20.3 Å². The van der Waals surface area contributed by atoms with Gasteiger partial charge in [0.25, 0.3) is 0 Å². The summed E-state index contributed by atoms with van der Waals surface area (Å²) in [5, 5.41) is 17.8. The fourth-order valence-corrected chi connectivity index (χ4v) is 2.64. The molecule has 0 saturated carbocycles. The Morgan fingerprint density at radius 1 is 1.07 bits per heavy atom. The van der Waals surface area contributed by atoms with Gasteiger partial charge in [-0.2, -0.15) is 5.26 Å². The minimum Gasteiger partial charge on any atom is -0.493 e. The van der Waals surface area contributed by atoms with Gasteiger partial charge in [-0.25, -0.2) is 4.79 Å². The van der Waals surface area contributed by atoms with Crippen LogP contribution in [0.3, 0.4) is 0 Å². The molecular weight excluding hydrogens is 358 g/mol. The van der Waals surface area contributed by atoms with E-state index in [9.17, 15) is 4.79 Å². The number of nitriles is 1. The summed E-state index contributed by atoms with van der Waals surface area (Å²) in [6.07, 6.45) is 1.28. The summed E-state index contributed by atoms with van der Waals surface area (Å²) in [6.45, 7) is 6.76. The summed E-state index contributed by atoms with van der Waals surface area (Å²) in [7, 11) is 1.49. The Hall–Kier alpha value is -3.46. The zero-order valence-corrected chi connectivity index (χ0v) is 16.4. The fourth-order valence-electron chi connectivity index (χ4n) is 2.64. The summed E-state index contributed by atoms with van der Waals surface area (Å²) >= 11 is 0. The minimum atomic E-state index is -1.28. The quantitative estimate of drug-likeness (QED) is 0.421. The molecule has 0 aliphatic rings. The lowest BCUT2D eigenvalue weighted by Crippen LogP contribution is -2.11. The number of rotatable bonds is 8. The third-order valence-corrected chi connectivity index (χ3v) is 4.31. The van der Waals surface area contributed by atoms with Crippen molar-refractivity contribution in [3.8, 4) is 23.3 Å². The second-order valence-electron chi connectivity index (χ2n) is 6.24. The number of carboxylic acids is 1. The normalized spacial score (nSPS) is 10.9. The first-order chi connectivity index (χ1) is 13.4. The summed E-state index contributed by atoms with van der Waals surface area (Å²) in [5.41, 5.74) is 3.53. The molecule has 2 aromatic carbocycles. The van der Waals surface area contributed by atoms with Gasteiger partial charge in [-0.3, -0.25) is 0 Å². The molecule has 0 radical (unpaired) electrons. The Bertz CT molecular complexity index is 941. The maximum Gasteiger partial charge on any atom is 0.346 e. The largest absolute Gasteiger partial charge is 0.493 e. The molecule has 0 spiro atoms. The van der Waals surface area contributed by atoms with Crippen LogP contribution in [0.25, 0.3) is 6.08 Å². The van der Waals surface area contributed by atoms with Crippen LogP contribution in [0.15, 0.2) is 35.9 Å². The van der Waals surface area contributed by atoms with Gasteiger partial charge in [0.1, 0.15) is 30.6 Å². The number of aliphatic carboxylic acids is 1. The lowest BCUT2D eigenvalue weighted by molar-refractivity contribution is -0.132. The number of carbonyl (C=O) groups is 1. The Balaban J connectivity index is 2.04. The molecule has 2 rings (SSSR count). The summed E-state index contributed by atoms with van der Waals surface area (Å²) in [5.74, 6) is 0.545. The van der Waals surface area contributed by atoms with Crippen molar-refractivity contribution in [3.05, 3.63) is 58.2 Å². The molecule has 0 aliphatic carbocycles. The number of carboxylic acid groups (broad SMARTS) is 1. The van der Waals surface area contributed by atoms with E-state index in [-0.39, 0.29) is 5.57 Å². The van der Waals surface area contributed by atoms with Crippen LogP contribution >= 0.6 is 0 Å². The van der Waals surface area contributed by atoms with Gasteiger partial charge in [0.05, 0.1) is 7.11 Å². The molecule has 146 valence electrons. The second kappa shape index (κ2) is 9.47. The number of methoxy groups -OCH3 is 1. The van der Waals surface area contributed by atoms with Crippen LogP contribution in [0.2, 0.25) is 0 Å². The lowest BCUT2D eigenvalue weighted by Gasteiger charge is -2.15. The Labute approximate surface area is 164 Å². The molecule has 0 heterocycles. The minimum absolute atomic E-state index is 0.316. The van der Waals surface area contributed by atoms with E-state index in [4.69, 9.17) is 24.6 Å². The molecule has 2 aromatic rings. The molecule has 0 bridgehead atoms. The molecule has 0 fully saturated rings. The molecule has 6 nitrogen and oxygen atoms in total. The van der Waals surface area contributed by atoms with E-state index in [0.717, 1.165) is 16.9 Å². The zero-order chi connectivity index (χ0) is 20.7. The average molecular weight is 381 g/mol. The predicted molar refractivity (Wildman–Crippen MR) is 106 cm³/mol. The van der Waals surface area contributed by atoms with Crippen LogP contribution < -0.4 is 14.2 Å². The van der Waals surface area contributed by atoms with Crippen molar-refractivity contribution < 1.29 is 24.1 Å². The van der Waals surface area contributed by atoms with E-state index >= 15 is 0 Å². The molecule has 28 heavy (non-hydrogen) atoms. The molecule has 0 unspecified atom stereocenters. The average Bonchev–Trinajstić information content (AvgIpc) is 2.68. The zero-order valence-electron chi connectivity index (χ0n) is 16.4. The maximum absolute atomic E-state index is 11.0. The molecule has 0 amide bonds. The topological polar surface area (TPSA) is 88.8 Å². The van der Waals surface area contributed by atoms with E-state index in [2.05, 4.69) is 6.07 Å². The van der Waals surface area contributed by atoms with Crippen molar-refractivity contribution in [1.29, 1.82) is 5.26 Å². The smallest absolute Gasteiger partial charge is 0.346 e. The first-order valence-electron chi connectivity index (χ1n) is 8.73. The van der Waals surface area contributed by atoms with Gasteiger partial charge in [0.15, 0.2) is 11.5 Å². The van der Waals surface area contributed by atoms with Gasteiger partial charge in [0, 0.05) is 0 Å². The van der Waals surface area contributed by atoms with Crippen molar-refractivity contribution in [2.24, 2.45) is 0 Å². The third kappa shape index (κ3) is 5.04. The fraction of sp³-hybridized carbons (Fsp3) is 0.273. The van der Waals surface area contributed by atoms with Gasteiger partial charge < -0.3 is 19.3 Å². The number of benzene rings is 2. The second-order valence-corrected chi connectivity index (χ2v) is 6.24. The third-order valence-electron chi connectivity index (χ3n) is 4.31. The molecule has 0 aromatic heterocycles. The van der Waals surface area contributed by atoms with Gasteiger partial charge in [-0.15, -0.1) is 0 Å². The lowest BCUT2D eigenvalue weighted by atomic mass is 10.1. The highest BCUT2D eigenvalue weighted by Crippen LogP contribution is 2.29. The first kappa shape index (κ1) is 20.8. The van der Waals surface area contributed by atoms with Gasteiger partial charge in [0.2, 0.25) is 0 Å². The standard InChI is InChI=1S/C22H23NO5/c1-14-5-6-15(2)21(16(14)3)28-10-9-27-19-8-7-17(12-20(19)26-4)11-18(13-23)22(24)25/h5-8,11-12H,9-10H2,1-4H3,(H,24,25). The van der Waals surface area contributed by atoms with E-state index in [0.29, 0.717) is 30.3 Å². The Kier molecular flexibility index (Phi) is 7.05. The van der Waals surface area contributed by atoms with Crippen LogP contribution in [-0.2, 0) is 4.79 Å². The number of ether oxygens (including phenoxy) is 3. The van der Waals surface area contributed by atoms with Crippen LogP contribution in [0.4, 0.5) is 0 Å². The highest BCUT2D eigenvalue weighted by atomic mass is 16.5. The molecule has 6 heteroatoms. The van der Waals surface area contributed by atoms with Gasteiger partial charge >= 0.3 is 5.97 Å². The molecule has 1 N–H and O–H groups in total. The number of nitrogens with zero attached hydrogens (tertiary/aromatic N) is 1. The number of hydrogen-bond donors (Lipinski definition) is 1. The van der Waals surface area contributed by atoms with E-state index in [1.165, 1.54) is 18.7 Å². The monoisotopic (exact) mass is 381 g/mol. The van der Waals surface area contributed by atoms with Crippen LogP contribution in [-0.4, -0.2) is 31.4 Å². The van der Waals surface area contributed by atoms with Crippen molar-refractivity contribution in [3.63, 3.8) is 0 Å². The van der Waals surface area contributed by atoms with Crippen molar-refractivity contribution in [1.82, 2.24) is 0 Å². The Morgan fingerprint density at radius 2 is 1.75 bits per heavy atom. The van der Waals surface area contributed by atoms with Crippen LogP contribution in [0.5, 0.6) is 17.2 Å². The summed E-state index contributed by atoms with van der Waals surface area (Å²) in [4.78, 5) is 11.0. The van der Waals surface area contributed by atoms with E-state index in [1.54, 1.807) is 24.3 Å². The molecule has 0 atom stereocenters. The summed E-state index contributed by atoms with van der Waals surface area (Å²) in [6, 6.07) is 10.7. The first-order valence-corrected chi connectivity index (χ1v) is 8.73. The maximum atomic E-state index is 11.0. The van der Waals surface area contributed by atoms with Crippen LogP contribution in [0.1, 0.15) is 22.3 Å². The molecule has 0 aliphatic heterocycles. The highest BCUT2D eigenvalue weighted by Gasteiger charge is 2.10. The van der Waals surface area contributed by atoms with Crippen LogP contribution in [0, 0.1) is 32.1 Å². The van der Waals surface area contributed by atoms with Gasteiger partial charge in [-0.05, 0) is 61.2 Å². The summed E-state index contributed by atoms with van der Waals surface area (Å²) < 4.78 is 16.9. The van der Waals surface area contributed by atoms with Crippen molar-refractivity contribution in [2.45, 2.75) is 20.8 Å². The predicted octanol–water partition coefficient (Wildman–Crippen LogP) is 4.07. The number of hydrogen-bond acceptors (Lipinski definition) is 5. The Morgan fingerprint density at radius 3 is 2.39 bits per heavy atom.